The third-order valence-electron chi connectivity index (χ3n) is 6.90. The molecule has 1 saturated heterocycles. The van der Waals surface area contributed by atoms with Crippen molar-refractivity contribution in [3.63, 3.8) is 0 Å². The van der Waals surface area contributed by atoms with E-state index in [0.29, 0.717) is 69.5 Å². The van der Waals surface area contributed by atoms with Crippen molar-refractivity contribution in [3.8, 4) is 22.8 Å². The summed E-state index contributed by atoms with van der Waals surface area (Å²) in [5.74, 6) is 1.32. The summed E-state index contributed by atoms with van der Waals surface area (Å²) < 4.78 is 11.0. The van der Waals surface area contributed by atoms with Gasteiger partial charge in [-0.15, -0.1) is 0 Å². The van der Waals surface area contributed by atoms with Gasteiger partial charge in [0.05, 0.1) is 26.8 Å². The second-order valence-corrected chi connectivity index (χ2v) is 10.3. The van der Waals surface area contributed by atoms with Crippen LogP contribution in [0.4, 0.5) is 5.69 Å². The number of fused-ring (bicyclic) bond motifs is 2. The smallest absolute Gasteiger partial charge is 0.254 e. The molecule has 37 heavy (non-hydrogen) atoms. The Hall–Kier alpha value is -3.19. The van der Waals surface area contributed by atoms with Crippen molar-refractivity contribution in [2.75, 3.05) is 37.9 Å². The van der Waals surface area contributed by atoms with E-state index in [-0.39, 0.29) is 12.7 Å². The Bertz CT molecular complexity index is 1550. The number of aromatic nitrogens is 1. The molecule has 188 valence electrons. The van der Waals surface area contributed by atoms with Crippen LogP contribution in [0.1, 0.15) is 15.9 Å². The van der Waals surface area contributed by atoms with E-state index < -0.39 is 0 Å². The number of nitrogens with zero attached hydrogens (tertiary/aromatic N) is 3. The Kier molecular flexibility index (Phi) is 6.27. The Morgan fingerprint density at radius 3 is 2.38 bits per heavy atom. The summed E-state index contributed by atoms with van der Waals surface area (Å²) >= 11 is 18.7. The minimum Gasteiger partial charge on any atom is -0.454 e. The summed E-state index contributed by atoms with van der Waals surface area (Å²) in [5.41, 5.74) is 4.64. The molecule has 3 aromatic carbocycles. The molecule has 2 aliphatic rings. The zero-order valence-corrected chi connectivity index (χ0v) is 22.2. The number of ether oxygens (including phenoxy) is 2. The van der Waals surface area contributed by atoms with Crippen LogP contribution in [0.25, 0.3) is 22.2 Å². The summed E-state index contributed by atoms with van der Waals surface area (Å²) in [5, 5.41) is 2.43. The van der Waals surface area contributed by atoms with E-state index in [4.69, 9.17) is 49.3 Å². The molecule has 0 unspecified atom stereocenters. The number of carbonyl (C=O) groups is 1. The SMILES string of the molecule is Cc1c(Cl)ccc2c(C(=O)N3CCN(c4ccc(Cl)c(Cl)c4)CC3)cc(-c3ccc4c(c3)OCO4)nc12. The third-order valence-corrected chi connectivity index (χ3v) is 8.05. The van der Waals surface area contributed by atoms with Crippen LogP contribution in [-0.2, 0) is 0 Å². The lowest BCUT2D eigenvalue weighted by Crippen LogP contribution is -2.48. The number of aryl methyl sites for hydroxylation is 1. The van der Waals surface area contributed by atoms with Gasteiger partial charge in [-0.2, -0.15) is 0 Å². The lowest BCUT2D eigenvalue weighted by Gasteiger charge is -2.36. The molecule has 9 heteroatoms. The van der Waals surface area contributed by atoms with E-state index in [1.807, 2.05) is 60.4 Å². The van der Waals surface area contributed by atoms with Gasteiger partial charge in [0.25, 0.3) is 5.91 Å². The normalized spacial score (nSPS) is 14.9. The van der Waals surface area contributed by atoms with E-state index in [2.05, 4.69) is 4.90 Å². The Morgan fingerprint density at radius 1 is 0.838 bits per heavy atom. The number of amides is 1. The summed E-state index contributed by atoms with van der Waals surface area (Å²) in [6, 6.07) is 16.8. The van der Waals surface area contributed by atoms with Crippen molar-refractivity contribution in [1.82, 2.24) is 9.88 Å². The van der Waals surface area contributed by atoms with Gasteiger partial charge in [0.2, 0.25) is 6.79 Å². The van der Waals surface area contributed by atoms with Crippen LogP contribution in [0.5, 0.6) is 11.5 Å². The third kappa shape index (κ3) is 4.43. The summed E-state index contributed by atoms with van der Waals surface area (Å²) in [6.07, 6.45) is 0. The lowest BCUT2D eigenvalue weighted by atomic mass is 10.0. The zero-order valence-electron chi connectivity index (χ0n) is 19.9. The van der Waals surface area contributed by atoms with Gasteiger partial charge < -0.3 is 19.3 Å². The van der Waals surface area contributed by atoms with Gasteiger partial charge in [-0.05, 0) is 61.0 Å². The molecular formula is C28H22Cl3N3O3. The van der Waals surface area contributed by atoms with Crippen molar-refractivity contribution in [2.24, 2.45) is 0 Å². The highest BCUT2D eigenvalue weighted by atomic mass is 35.5. The highest BCUT2D eigenvalue weighted by Crippen LogP contribution is 2.37. The number of carbonyl (C=O) groups excluding carboxylic acids is 1. The second-order valence-electron chi connectivity index (χ2n) is 9.07. The first-order valence-electron chi connectivity index (χ1n) is 11.9. The predicted molar refractivity (Wildman–Crippen MR) is 148 cm³/mol. The molecule has 1 aromatic heterocycles. The molecule has 2 aliphatic heterocycles. The minimum absolute atomic E-state index is 0.0371. The highest BCUT2D eigenvalue weighted by molar-refractivity contribution is 6.42. The molecule has 0 bridgehead atoms. The van der Waals surface area contributed by atoms with Crippen molar-refractivity contribution in [1.29, 1.82) is 0 Å². The summed E-state index contributed by atoms with van der Waals surface area (Å²) in [7, 11) is 0. The lowest BCUT2D eigenvalue weighted by molar-refractivity contribution is 0.0748. The van der Waals surface area contributed by atoms with E-state index in [1.165, 1.54) is 0 Å². The molecule has 0 atom stereocenters. The molecule has 0 N–H and O–H groups in total. The van der Waals surface area contributed by atoms with Gasteiger partial charge in [-0.1, -0.05) is 40.9 Å². The number of hydrogen-bond acceptors (Lipinski definition) is 5. The Balaban J connectivity index is 1.34. The van der Waals surface area contributed by atoms with Gasteiger partial charge in [-0.3, -0.25) is 4.79 Å². The van der Waals surface area contributed by atoms with E-state index >= 15 is 0 Å². The van der Waals surface area contributed by atoms with Gasteiger partial charge in [0.15, 0.2) is 11.5 Å². The van der Waals surface area contributed by atoms with Crippen LogP contribution in [0, 0.1) is 6.92 Å². The maximum atomic E-state index is 13.9. The van der Waals surface area contributed by atoms with Crippen molar-refractivity contribution in [2.45, 2.75) is 6.92 Å². The zero-order chi connectivity index (χ0) is 25.7. The topological polar surface area (TPSA) is 54.9 Å². The first-order chi connectivity index (χ1) is 17.9. The molecular weight excluding hydrogens is 533 g/mol. The fraction of sp³-hybridized carbons (Fsp3) is 0.214. The molecule has 0 aliphatic carbocycles. The predicted octanol–water partition coefficient (Wildman–Crippen LogP) is 6.86. The molecule has 4 aromatic rings. The minimum atomic E-state index is -0.0371. The maximum absolute atomic E-state index is 13.9. The molecule has 0 spiro atoms. The Labute approximate surface area is 229 Å². The average Bonchev–Trinajstić information content (AvgIpc) is 3.40. The molecule has 1 fully saturated rings. The monoisotopic (exact) mass is 553 g/mol. The number of pyridine rings is 1. The fourth-order valence-corrected chi connectivity index (χ4v) is 5.25. The van der Waals surface area contributed by atoms with Crippen LogP contribution in [0.15, 0.2) is 54.6 Å². The highest BCUT2D eigenvalue weighted by Gasteiger charge is 2.26. The fourth-order valence-electron chi connectivity index (χ4n) is 4.80. The van der Waals surface area contributed by atoms with Crippen molar-refractivity contribution >= 4 is 57.3 Å². The van der Waals surface area contributed by atoms with E-state index in [9.17, 15) is 4.79 Å². The molecule has 0 radical (unpaired) electrons. The van der Waals surface area contributed by atoms with Crippen LogP contribution in [-0.4, -0.2) is 48.8 Å². The van der Waals surface area contributed by atoms with E-state index in [1.54, 1.807) is 6.07 Å². The van der Waals surface area contributed by atoms with E-state index in [0.717, 1.165) is 22.2 Å². The van der Waals surface area contributed by atoms with Gasteiger partial charge >= 0.3 is 0 Å². The van der Waals surface area contributed by atoms with Crippen LogP contribution in [0.2, 0.25) is 15.1 Å². The standard InChI is InChI=1S/C28H22Cl3N3O3/c1-16-21(29)6-4-19-20(14-24(32-27(16)19)17-2-7-25-26(12-17)37-15-36-25)28(35)34-10-8-33(9-11-34)18-3-5-22(30)23(31)13-18/h2-7,12-14H,8-11,15H2,1H3. The van der Waals surface area contributed by atoms with Crippen molar-refractivity contribution in [3.05, 3.63) is 80.8 Å². The number of halogens is 3. The summed E-state index contributed by atoms with van der Waals surface area (Å²) in [4.78, 5) is 22.9. The average molecular weight is 555 g/mol. The number of benzene rings is 3. The van der Waals surface area contributed by atoms with Crippen LogP contribution < -0.4 is 14.4 Å². The van der Waals surface area contributed by atoms with Crippen molar-refractivity contribution < 1.29 is 14.3 Å². The molecule has 3 heterocycles. The van der Waals surface area contributed by atoms with Crippen LogP contribution >= 0.6 is 34.8 Å². The molecule has 6 rings (SSSR count). The van der Waals surface area contributed by atoms with Crippen LogP contribution in [0.3, 0.4) is 0 Å². The maximum Gasteiger partial charge on any atom is 0.254 e. The van der Waals surface area contributed by atoms with Gasteiger partial charge in [0.1, 0.15) is 0 Å². The van der Waals surface area contributed by atoms with Gasteiger partial charge in [0, 0.05) is 47.8 Å². The molecule has 0 saturated carbocycles. The molecule has 6 nitrogen and oxygen atoms in total. The first kappa shape index (κ1) is 24.2. The Morgan fingerprint density at radius 2 is 1.59 bits per heavy atom. The van der Waals surface area contributed by atoms with Gasteiger partial charge in [-0.25, -0.2) is 4.98 Å². The number of hydrogen-bond donors (Lipinski definition) is 0. The largest absolute Gasteiger partial charge is 0.454 e. The number of rotatable bonds is 3. The molecule has 1 amide bonds. The quantitative estimate of drug-likeness (QED) is 0.277. The second kappa shape index (κ2) is 9.60. The summed E-state index contributed by atoms with van der Waals surface area (Å²) in [6.45, 7) is 4.64. The first-order valence-corrected chi connectivity index (χ1v) is 13.0. The number of anilines is 1. The number of piperazine rings is 1.